The van der Waals surface area contributed by atoms with Crippen molar-refractivity contribution >= 4 is 0 Å². The van der Waals surface area contributed by atoms with Gasteiger partial charge in [-0.15, -0.1) is 0 Å². The summed E-state index contributed by atoms with van der Waals surface area (Å²) in [7, 11) is 0. The van der Waals surface area contributed by atoms with Crippen LogP contribution in [0.3, 0.4) is 0 Å². The van der Waals surface area contributed by atoms with Crippen LogP contribution < -0.4 is 0 Å². The maximum Gasteiger partial charge on any atom is 0.0707 e. The van der Waals surface area contributed by atoms with Crippen LogP contribution in [0.5, 0.6) is 0 Å². The Bertz CT molecular complexity index is 680. The fraction of sp³-hybridized carbons (Fsp3) is 0.500. The van der Waals surface area contributed by atoms with Gasteiger partial charge in [0, 0.05) is 25.7 Å². The second-order valence-electron chi connectivity index (χ2n) is 8.14. The summed E-state index contributed by atoms with van der Waals surface area (Å²) in [5.74, 6) is 0. The molecule has 0 bridgehead atoms. The maximum atomic E-state index is 10.5. The molecule has 1 heterocycles. The molecule has 28 heavy (non-hydrogen) atoms. The molecule has 152 valence electrons. The van der Waals surface area contributed by atoms with Crippen molar-refractivity contribution in [3.63, 3.8) is 0 Å². The van der Waals surface area contributed by atoms with Crippen LogP contribution in [0, 0.1) is 0 Å². The SMILES string of the molecule is CC1CN(CC(O)Cc2ccccc2)CCCN1CC(O)Cc1ccccc1. The Labute approximate surface area is 169 Å². The number of hydrogen-bond acceptors (Lipinski definition) is 4. The molecule has 1 saturated heterocycles. The third kappa shape index (κ3) is 6.71. The van der Waals surface area contributed by atoms with Crippen molar-refractivity contribution in [3.05, 3.63) is 71.8 Å². The topological polar surface area (TPSA) is 46.9 Å². The molecule has 0 radical (unpaired) electrons. The second-order valence-corrected chi connectivity index (χ2v) is 8.14. The summed E-state index contributed by atoms with van der Waals surface area (Å²) in [4.78, 5) is 4.78. The first-order valence-electron chi connectivity index (χ1n) is 10.5. The van der Waals surface area contributed by atoms with Crippen LogP contribution in [-0.4, -0.2) is 71.0 Å². The van der Waals surface area contributed by atoms with Gasteiger partial charge in [0.25, 0.3) is 0 Å². The number of aliphatic hydroxyl groups excluding tert-OH is 2. The van der Waals surface area contributed by atoms with E-state index in [1.807, 2.05) is 36.4 Å². The molecule has 2 aromatic carbocycles. The lowest BCUT2D eigenvalue weighted by Crippen LogP contribution is -2.44. The van der Waals surface area contributed by atoms with Crippen LogP contribution in [0.25, 0.3) is 0 Å². The van der Waals surface area contributed by atoms with Crippen LogP contribution in [0.15, 0.2) is 60.7 Å². The summed E-state index contributed by atoms with van der Waals surface area (Å²) >= 11 is 0. The zero-order valence-corrected chi connectivity index (χ0v) is 17.0. The molecule has 2 N–H and O–H groups in total. The Balaban J connectivity index is 1.46. The third-order valence-corrected chi connectivity index (χ3v) is 5.61. The van der Waals surface area contributed by atoms with E-state index in [1.165, 1.54) is 11.1 Å². The molecule has 3 rings (SSSR count). The Morgan fingerprint density at radius 2 is 1.36 bits per heavy atom. The predicted octanol–water partition coefficient (Wildman–Crippen LogP) is 2.59. The first-order valence-corrected chi connectivity index (χ1v) is 10.5. The molecule has 0 spiro atoms. The van der Waals surface area contributed by atoms with E-state index in [9.17, 15) is 10.2 Å². The summed E-state index contributed by atoms with van der Waals surface area (Å²) < 4.78 is 0. The molecular formula is C24H34N2O2. The lowest BCUT2D eigenvalue weighted by Gasteiger charge is -2.31. The third-order valence-electron chi connectivity index (χ3n) is 5.61. The molecule has 1 aliphatic rings. The maximum absolute atomic E-state index is 10.5. The molecule has 4 nitrogen and oxygen atoms in total. The molecule has 3 unspecified atom stereocenters. The Morgan fingerprint density at radius 1 is 0.821 bits per heavy atom. The first-order chi connectivity index (χ1) is 13.6. The zero-order valence-electron chi connectivity index (χ0n) is 17.0. The van der Waals surface area contributed by atoms with Crippen molar-refractivity contribution in [1.82, 2.24) is 9.80 Å². The average Bonchev–Trinajstić information content (AvgIpc) is 2.84. The van der Waals surface area contributed by atoms with Gasteiger partial charge in [0.1, 0.15) is 0 Å². The summed E-state index contributed by atoms with van der Waals surface area (Å²) in [5.41, 5.74) is 2.37. The van der Waals surface area contributed by atoms with E-state index < -0.39 is 0 Å². The number of aliphatic hydroxyl groups is 2. The van der Waals surface area contributed by atoms with E-state index in [-0.39, 0.29) is 12.2 Å². The van der Waals surface area contributed by atoms with Gasteiger partial charge >= 0.3 is 0 Å². The normalized spacial score (nSPS) is 21.2. The Morgan fingerprint density at radius 3 is 1.93 bits per heavy atom. The number of rotatable bonds is 8. The second kappa shape index (κ2) is 10.7. The van der Waals surface area contributed by atoms with Gasteiger partial charge in [-0.3, -0.25) is 9.80 Å². The number of β-amino-alcohol motifs (C(OH)–C–C–N with tert-alkyl or cyclic N) is 2. The predicted molar refractivity (Wildman–Crippen MR) is 114 cm³/mol. The molecule has 3 atom stereocenters. The van der Waals surface area contributed by atoms with Gasteiger partial charge in [0.2, 0.25) is 0 Å². The van der Waals surface area contributed by atoms with E-state index in [2.05, 4.69) is 41.0 Å². The minimum Gasteiger partial charge on any atom is -0.391 e. The summed E-state index contributed by atoms with van der Waals surface area (Å²) in [5, 5.41) is 21.1. The highest BCUT2D eigenvalue weighted by Gasteiger charge is 2.24. The van der Waals surface area contributed by atoms with Crippen molar-refractivity contribution in [2.24, 2.45) is 0 Å². The van der Waals surface area contributed by atoms with Crippen LogP contribution in [0.4, 0.5) is 0 Å². The van der Waals surface area contributed by atoms with Crippen molar-refractivity contribution in [2.75, 3.05) is 32.7 Å². The molecule has 0 amide bonds. The van der Waals surface area contributed by atoms with Gasteiger partial charge in [0.05, 0.1) is 12.2 Å². The number of benzene rings is 2. The van der Waals surface area contributed by atoms with Gasteiger partial charge in [0.15, 0.2) is 0 Å². The van der Waals surface area contributed by atoms with E-state index in [0.717, 1.165) is 26.1 Å². The fourth-order valence-corrected chi connectivity index (χ4v) is 4.21. The minimum atomic E-state index is -0.347. The lowest BCUT2D eigenvalue weighted by atomic mass is 10.1. The largest absolute Gasteiger partial charge is 0.391 e. The quantitative estimate of drug-likeness (QED) is 0.737. The highest BCUT2D eigenvalue weighted by molar-refractivity contribution is 5.16. The molecule has 0 saturated carbocycles. The van der Waals surface area contributed by atoms with E-state index in [0.29, 0.717) is 32.0 Å². The van der Waals surface area contributed by atoms with Crippen molar-refractivity contribution < 1.29 is 10.2 Å². The van der Waals surface area contributed by atoms with E-state index >= 15 is 0 Å². The molecule has 4 heteroatoms. The molecule has 1 fully saturated rings. The van der Waals surface area contributed by atoms with Gasteiger partial charge < -0.3 is 10.2 Å². The fourth-order valence-electron chi connectivity index (χ4n) is 4.21. The van der Waals surface area contributed by atoms with Crippen LogP contribution in [0.2, 0.25) is 0 Å². The smallest absolute Gasteiger partial charge is 0.0707 e. The monoisotopic (exact) mass is 382 g/mol. The van der Waals surface area contributed by atoms with E-state index in [1.54, 1.807) is 0 Å². The van der Waals surface area contributed by atoms with Crippen molar-refractivity contribution in [2.45, 2.75) is 44.4 Å². The summed E-state index contributed by atoms with van der Waals surface area (Å²) in [6.45, 7) is 6.58. The Kier molecular flexibility index (Phi) is 8.04. The molecule has 0 aromatic heterocycles. The zero-order chi connectivity index (χ0) is 19.8. The highest BCUT2D eigenvalue weighted by Crippen LogP contribution is 2.14. The van der Waals surface area contributed by atoms with Crippen LogP contribution in [-0.2, 0) is 12.8 Å². The number of nitrogens with zero attached hydrogens (tertiary/aromatic N) is 2. The van der Waals surface area contributed by atoms with Crippen molar-refractivity contribution in [3.8, 4) is 0 Å². The van der Waals surface area contributed by atoms with Gasteiger partial charge in [-0.05, 0) is 50.4 Å². The average molecular weight is 383 g/mol. The first kappa shape index (κ1) is 21.0. The van der Waals surface area contributed by atoms with Gasteiger partial charge in [-0.25, -0.2) is 0 Å². The van der Waals surface area contributed by atoms with E-state index in [4.69, 9.17) is 0 Å². The number of hydrogen-bond donors (Lipinski definition) is 2. The molecule has 1 aliphatic heterocycles. The minimum absolute atomic E-state index is 0.343. The standard InChI is InChI=1S/C24H34N2O2/c1-20-17-25(18-23(27)15-21-9-4-2-5-10-21)13-8-14-26(20)19-24(28)16-22-11-6-3-7-12-22/h2-7,9-12,20,23-24,27-28H,8,13-19H2,1H3. The van der Waals surface area contributed by atoms with Crippen LogP contribution >= 0.6 is 0 Å². The summed E-state index contributed by atoms with van der Waals surface area (Å²) in [6.07, 6.45) is 1.78. The van der Waals surface area contributed by atoms with Crippen LogP contribution in [0.1, 0.15) is 24.5 Å². The highest BCUT2D eigenvalue weighted by atomic mass is 16.3. The molecule has 0 aliphatic carbocycles. The van der Waals surface area contributed by atoms with Crippen molar-refractivity contribution in [1.29, 1.82) is 0 Å². The lowest BCUT2D eigenvalue weighted by molar-refractivity contribution is 0.0805. The summed E-state index contributed by atoms with van der Waals surface area (Å²) in [6, 6.07) is 20.8. The molecular weight excluding hydrogens is 348 g/mol. The van der Waals surface area contributed by atoms with Gasteiger partial charge in [-0.1, -0.05) is 60.7 Å². The molecule has 2 aromatic rings. The van der Waals surface area contributed by atoms with Gasteiger partial charge in [-0.2, -0.15) is 0 Å². The Hall–Kier alpha value is -1.72.